The van der Waals surface area contributed by atoms with Crippen LogP contribution in [-0.2, 0) is 19.1 Å². The van der Waals surface area contributed by atoms with Crippen LogP contribution in [0.2, 0.25) is 0 Å². The first-order chi connectivity index (χ1) is 19.9. The van der Waals surface area contributed by atoms with Gasteiger partial charge in [0.2, 0.25) is 0 Å². The van der Waals surface area contributed by atoms with Crippen LogP contribution in [0.3, 0.4) is 0 Å². The molecule has 0 spiro atoms. The molecular weight excluding hydrogens is 516 g/mol. The van der Waals surface area contributed by atoms with Gasteiger partial charge in [0, 0.05) is 12.8 Å². The van der Waals surface area contributed by atoms with Crippen LogP contribution in [0.15, 0.2) is 60.8 Å². The Morgan fingerprint density at radius 3 is 2.10 bits per heavy atom. The molecule has 0 aromatic rings. The quantitative estimate of drug-likeness (QED) is 0.0469. The molecule has 0 bridgehead atoms. The fourth-order valence-corrected chi connectivity index (χ4v) is 3.91. The first kappa shape index (κ1) is 38.6. The van der Waals surface area contributed by atoms with E-state index in [1.807, 2.05) is 43.4 Å². The predicted molar refractivity (Wildman–Crippen MR) is 169 cm³/mol. The van der Waals surface area contributed by atoms with Crippen molar-refractivity contribution in [2.45, 2.75) is 129 Å². The SMILES string of the molecule is CC/C=C\C(O)C/C=C/C=C\C/C=C\C/C=C\CCCC(=O)O[C@@H](CO)COC(=O)CCCCCCCCC(C)C. The highest BCUT2D eigenvalue weighted by Crippen LogP contribution is 2.12. The second-order valence-electron chi connectivity index (χ2n) is 10.8. The molecular formula is C35H58O6. The second kappa shape index (κ2) is 29.1. The molecule has 0 fully saturated rings. The van der Waals surface area contributed by atoms with E-state index < -0.39 is 18.2 Å². The van der Waals surface area contributed by atoms with Gasteiger partial charge in [0.05, 0.1) is 12.7 Å². The summed E-state index contributed by atoms with van der Waals surface area (Å²) in [6.07, 6.45) is 32.1. The van der Waals surface area contributed by atoms with Crippen molar-refractivity contribution in [3.63, 3.8) is 0 Å². The summed E-state index contributed by atoms with van der Waals surface area (Å²) in [5.74, 6) is 0.0676. The normalized spacial score (nSPS) is 13.9. The van der Waals surface area contributed by atoms with Crippen LogP contribution in [0.4, 0.5) is 0 Å². The van der Waals surface area contributed by atoms with Crippen molar-refractivity contribution in [3.8, 4) is 0 Å². The van der Waals surface area contributed by atoms with E-state index in [0.717, 1.165) is 50.9 Å². The smallest absolute Gasteiger partial charge is 0.306 e. The maximum absolute atomic E-state index is 12.1. The van der Waals surface area contributed by atoms with E-state index in [-0.39, 0.29) is 25.6 Å². The molecule has 0 aliphatic rings. The molecule has 0 saturated heterocycles. The first-order valence-electron chi connectivity index (χ1n) is 15.8. The number of carbonyl (C=O) groups excluding carboxylic acids is 2. The first-order valence-corrected chi connectivity index (χ1v) is 15.8. The molecule has 41 heavy (non-hydrogen) atoms. The monoisotopic (exact) mass is 574 g/mol. The van der Waals surface area contributed by atoms with E-state index in [9.17, 15) is 19.8 Å². The van der Waals surface area contributed by atoms with Gasteiger partial charge in [-0.2, -0.15) is 0 Å². The molecule has 2 atom stereocenters. The van der Waals surface area contributed by atoms with Crippen molar-refractivity contribution in [2.75, 3.05) is 13.2 Å². The third-order valence-electron chi connectivity index (χ3n) is 6.33. The summed E-state index contributed by atoms with van der Waals surface area (Å²) in [7, 11) is 0. The Bertz CT molecular complexity index is 778. The minimum atomic E-state index is -0.813. The molecule has 0 aliphatic carbocycles. The minimum Gasteiger partial charge on any atom is -0.462 e. The topological polar surface area (TPSA) is 93.1 Å². The van der Waals surface area contributed by atoms with Crippen LogP contribution in [0.25, 0.3) is 0 Å². The van der Waals surface area contributed by atoms with Crippen LogP contribution < -0.4 is 0 Å². The molecule has 0 heterocycles. The molecule has 0 rings (SSSR count). The van der Waals surface area contributed by atoms with Crippen molar-refractivity contribution in [1.82, 2.24) is 0 Å². The molecule has 0 aliphatic heterocycles. The lowest BCUT2D eigenvalue weighted by Gasteiger charge is -2.15. The summed E-state index contributed by atoms with van der Waals surface area (Å²) >= 11 is 0. The minimum absolute atomic E-state index is 0.103. The molecule has 0 aromatic carbocycles. The van der Waals surface area contributed by atoms with Gasteiger partial charge >= 0.3 is 11.9 Å². The lowest BCUT2D eigenvalue weighted by molar-refractivity contribution is -0.161. The molecule has 0 aromatic heterocycles. The number of aliphatic hydroxyl groups is 2. The van der Waals surface area contributed by atoms with Crippen molar-refractivity contribution in [3.05, 3.63) is 60.8 Å². The maximum Gasteiger partial charge on any atom is 0.306 e. The highest BCUT2D eigenvalue weighted by Gasteiger charge is 2.15. The van der Waals surface area contributed by atoms with E-state index in [1.165, 1.54) is 25.7 Å². The molecule has 234 valence electrons. The third-order valence-corrected chi connectivity index (χ3v) is 6.33. The van der Waals surface area contributed by atoms with Crippen molar-refractivity contribution < 1.29 is 29.3 Å². The summed E-state index contributed by atoms with van der Waals surface area (Å²) in [5.41, 5.74) is 0. The summed E-state index contributed by atoms with van der Waals surface area (Å²) < 4.78 is 10.5. The van der Waals surface area contributed by atoms with Crippen molar-refractivity contribution in [1.29, 1.82) is 0 Å². The van der Waals surface area contributed by atoms with Gasteiger partial charge < -0.3 is 19.7 Å². The number of hydrogen-bond donors (Lipinski definition) is 2. The maximum atomic E-state index is 12.1. The summed E-state index contributed by atoms with van der Waals surface area (Å²) in [6, 6.07) is 0. The Morgan fingerprint density at radius 1 is 0.756 bits per heavy atom. The largest absolute Gasteiger partial charge is 0.462 e. The summed E-state index contributed by atoms with van der Waals surface area (Å²) in [5, 5.41) is 19.2. The Morgan fingerprint density at radius 2 is 1.39 bits per heavy atom. The van der Waals surface area contributed by atoms with E-state index in [4.69, 9.17) is 9.47 Å². The Labute approximate surface area is 250 Å². The Kier molecular flexibility index (Phi) is 27.3. The van der Waals surface area contributed by atoms with Crippen LogP contribution >= 0.6 is 0 Å². The number of allylic oxidation sites excluding steroid dienone is 8. The van der Waals surface area contributed by atoms with Gasteiger partial charge in [-0.05, 0) is 50.9 Å². The van der Waals surface area contributed by atoms with Crippen molar-refractivity contribution in [2.24, 2.45) is 5.92 Å². The molecule has 2 N–H and O–H groups in total. The van der Waals surface area contributed by atoms with E-state index in [2.05, 4.69) is 38.2 Å². The van der Waals surface area contributed by atoms with Gasteiger partial charge in [-0.1, -0.05) is 120 Å². The number of aliphatic hydroxyl groups excluding tert-OH is 2. The lowest BCUT2D eigenvalue weighted by atomic mass is 10.0. The molecule has 0 radical (unpaired) electrons. The highest BCUT2D eigenvalue weighted by atomic mass is 16.6. The molecule has 1 unspecified atom stereocenters. The number of rotatable bonds is 26. The van der Waals surface area contributed by atoms with E-state index in [0.29, 0.717) is 19.3 Å². The average Bonchev–Trinajstić information content (AvgIpc) is 2.95. The number of ether oxygens (including phenoxy) is 2. The molecule has 6 heteroatoms. The zero-order valence-electron chi connectivity index (χ0n) is 26.1. The molecule has 0 amide bonds. The van der Waals surface area contributed by atoms with Gasteiger partial charge in [0.1, 0.15) is 6.61 Å². The fraction of sp³-hybridized carbons (Fsp3) is 0.657. The van der Waals surface area contributed by atoms with Crippen LogP contribution in [0.5, 0.6) is 0 Å². The van der Waals surface area contributed by atoms with Crippen LogP contribution in [-0.4, -0.2) is 47.6 Å². The highest BCUT2D eigenvalue weighted by molar-refractivity contribution is 5.70. The fourth-order valence-electron chi connectivity index (χ4n) is 3.91. The Balaban J connectivity index is 3.81. The number of hydrogen-bond acceptors (Lipinski definition) is 6. The Hall–Kier alpha value is -2.44. The number of esters is 2. The molecule has 0 saturated carbocycles. The second-order valence-corrected chi connectivity index (χ2v) is 10.8. The number of carbonyl (C=O) groups is 2. The van der Waals surface area contributed by atoms with Gasteiger partial charge in [0.15, 0.2) is 6.10 Å². The zero-order chi connectivity index (χ0) is 30.4. The van der Waals surface area contributed by atoms with E-state index in [1.54, 1.807) is 0 Å². The zero-order valence-corrected chi connectivity index (χ0v) is 26.1. The average molecular weight is 575 g/mol. The van der Waals surface area contributed by atoms with Gasteiger partial charge in [0.25, 0.3) is 0 Å². The van der Waals surface area contributed by atoms with Gasteiger partial charge in [-0.3, -0.25) is 9.59 Å². The molecule has 6 nitrogen and oxygen atoms in total. The summed E-state index contributed by atoms with van der Waals surface area (Å²) in [4.78, 5) is 24.0. The summed E-state index contributed by atoms with van der Waals surface area (Å²) in [6.45, 7) is 6.07. The van der Waals surface area contributed by atoms with E-state index >= 15 is 0 Å². The van der Waals surface area contributed by atoms with Crippen LogP contribution in [0, 0.1) is 5.92 Å². The van der Waals surface area contributed by atoms with Gasteiger partial charge in [-0.15, -0.1) is 0 Å². The standard InChI is InChI=1S/C35H58O6/c1-4-5-25-32(37)26-21-17-12-10-8-6-7-9-11-13-19-23-28-35(39)41-33(29-36)30-40-34(38)27-22-18-15-14-16-20-24-31(2)3/h5-7,10-13,17,21,25,31-33,36-37H,4,8-9,14-16,18-20,22-24,26-30H2,1-3H3/b7-6-,12-10-,13-11-,21-17+,25-5-/t32?,33-/m0/s1. The van der Waals surface area contributed by atoms with Crippen LogP contribution in [0.1, 0.15) is 117 Å². The van der Waals surface area contributed by atoms with Crippen molar-refractivity contribution >= 4 is 11.9 Å². The lowest BCUT2D eigenvalue weighted by Crippen LogP contribution is -2.28. The third kappa shape index (κ3) is 28.9. The number of unbranched alkanes of at least 4 members (excludes halogenated alkanes) is 6. The van der Waals surface area contributed by atoms with Gasteiger partial charge in [-0.25, -0.2) is 0 Å². The predicted octanol–water partition coefficient (Wildman–Crippen LogP) is 8.10.